The molecule has 3 aromatic rings. The molecule has 1 aliphatic carbocycles. The van der Waals surface area contributed by atoms with Crippen LogP contribution in [0.25, 0.3) is 11.3 Å². The molecule has 1 N–H and O–H groups in total. The lowest BCUT2D eigenvalue weighted by molar-refractivity contribution is 0.102. The first-order valence-corrected chi connectivity index (χ1v) is 13.3. The number of anilines is 1. The molecule has 0 radical (unpaired) electrons. The first-order chi connectivity index (χ1) is 18.4. The molecule has 1 atom stereocenters. The number of pyridine rings is 1. The number of benzene rings is 2. The van der Waals surface area contributed by atoms with Crippen LogP contribution in [0.5, 0.6) is 5.75 Å². The molecule has 1 unspecified atom stereocenters. The Balaban J connectivity index is 1.30. The molecule has 1 saturated carbocycles. The lowest BCUT2D eigenvalue weighted by Crippen LogP contribution is -2.19. The van der Waals surface area contributed by atoms with E-state index in [-0.39, 0.29) is 11.3 Å². The number of amides is 1. The maximum absolute atomic E-state index is 12.9. The highest BCUT2D eigenvalue weighted by molar-refractivity contribution is 7.95. The summed E-state index contributed by atoms with van der Waals surface area (Å²) >= 11 is 1.37. The Morgan fingerprint density at radius 2 is 2.05 bits per heavy atom. The minimum absolute atomic E-state index is 0.0401. The number of nitriles is 1. The molecule has 8 nitrogen and oxygen atoms in total. The maximum atomic E-state index is 12.9. The van der Waals surface area contributed by atoms with Crippen molar-refractivity contribution in [2.75, 3.05) is 32.6 Å². The summed E-state index contributed by atoms with van der Waals surface area (Å²) in [5, 5.41) is 12.2. The Bertz CT molecular complexity index is 1410. The van der Waals surface area contributed by atoms with Crippen molar-refractivity contribution in [1.82, 2.24) is 9.88 Å². The number of aromatic nitrogens is 1. The van der Waals surface area contributed by atoms with Gasteiger partial charge in [-0.3, -0.25) is 9.78 Å². The lowest BCUT2D eigenvalue weighted by Gasteiger charge is -2.14. The molecule has 0 saturated heterocycles. The number of rotatable bonds is 9. The highest BCUT2D eigenvalue weighted by Gasteiger charge is 2.29. The first kappa shape index (κ1) is 25.8. The SMILES string of the molecule is CC1=NC(c2ccc(-c3ccc(C(=O)Nc4ccc(C#N)c(OCCN(C)C)c4)cn3)c(C3CC3)c2)SO1. The maximum Gasteiger partial charge on any atom is 0.257 e. The fourth-order valence-electron chi connectivity index (χ4n) is 4.19. The number of hydrogen-bond acceptors (Lipinski definition) is 8. The fraction of sp³-hybridized carbons (Fsp3) is 0.310. The Labute approximate surface area is 226 Å². The molecule has 0 bridgehead atoms. The van der Waals surface area contributed by atoms with Crippen molar-refractivity contribution < 1.29 is 13.7 Å². The molecular weight excluding hydrogens is 498 g/mol. The number of hydrogen-bond donors (Lipinski definition) is 1. The van der Waals surface area contributed by atoms with Gasteiger partial charge in [0.05, 0.1) is 28.9 Å². The van der Waals surface area contributed by atoms with Crippen LogP contribution in [-0.2, 0) is 4.18 Å². The summed E-state index contributed by atoms with van der Waals surface area (Å²) in [6, 6.07) is 17.2. The van der Waals surface area contributed by atoms with E-state index in [0.29, 0.717) is 47.5 Å². The third-order valence-electron chi connectivity index (χ3n) is 6.39. The second-order valence-corrected chi connectivity index (χ2v) is 10.5. The summed E-state index contributed by atoms with van der Waals surface area (Å²) in [6.45, 7) is 3.02. The molecule has 1 fully saturated rings. The number of aliphatic imine (C=N–C) groups is 1. The first-order valence-electron chi connectivity index (χ1n) is 12.5. The Morgan fingerprint density at radius 3 is 2.71 bits per heavy atom. The highest BCUT2D eigenvalue weighted by atomic mass is 32.2. The van der Waals surface area contributed by atoms with E-state index in [4.69, 9.17) is 8.92 Å². The van der Waals surface area contributed by atoms with E-state index in [1.54, 1.807) is 30.5 Å². The van der Waals surface area contributed by atoms with Crippen LogP contribution < -0.4 is 10.1 Å². The van der Waals surface area contributed by atoms with Gasteiger partial charge in [0.1, 0.15) is 18.4 Å². The number of nitrogens with zero attached hydrogens (tertiary/aromatic N) is 4. The Morgan fingerprint density at radius 1 is 1.21 bits per heavy atom. The zero-order chi connectivity index (χ0) is 26.6. The number of carbonyl (C=O) groups is 1. The highest BCUT2D eigenvalue weighted by Crippen LogP contribution is 2.46. The topological polar surface area (TPSA) is 99.8 Å². The van der Waals surface area contributed by atoms with E-state index < -0.39 is 0 Å². The van der Waals surface area contributed by atoms with Gasteiger partial charge in [-0.2, -0.15) is 5.26 Å². The van der Waals surface area contributed by atoms with Crippen molar-refractivity contribution in [2.24, 2.45) is 4.99 Å². The second kappa shape index (κ2) is 11.3. The van der Waals surface area contributed by atoms with Crippen LogP contribution >= 0.6 is 12.0 Å². The molecule has 38 heavy (non-hydrogen) atoms. The van der Waals surface area contributed by atoms with Gasteiger partial charge in [0.25, 0.3) is 5.91 Å². The van der Waals surface area contributed by atoms with Gasteiger partial charge in [-0.1, -0.05) is 18.2 Å². The van der Waals surface area contributed by atoms with Gasteiger partial charge in [0.2, 0.25) is 0 Å². The van der Waals surface area contributed by atoms with Crippen molar-refractivity contribution in [1.29, 1.82) is 5.26 Å². The van der Waals surface area contributed by atoms with Crippen LogP contribution in [0, 0.1) is 11.3 Å². The molecule has 2 heterocycles. The van der Waals surface area contributed by atoms with Gasteiger partial charge in [0.15, 0.2) is 11.3 Å². The average molecular weight is 528 g/mol. The van der Waals surface area contributed by atoms with Crippen molar-refractivity contribution >= 4 is 29.5 Å². The summed E-state index contributed by atoms with van der Waals surface area (Å²) in [5.74, 6) is 1.39. The Hall–Kier alpha value is -3.87. The van der Waals surface area contributed by atoms with Crippen molar-refractivity contribution in [2.45, 2.75) is 31.1 Å². The number of nitrogens with one attached hydrogen (secondary N) is 1. The normalized spacial score (nSPS) is 16.5. The van der Waals surface area contributed by atoms with Crippen LogP contribution in [0.15, 0.2) is 59.7 Å². The zero-order valence-electron chi connectivity index (χ0n) is 21.6. The van der Waals surface area contributed by atoms with Gasteiger partial charge < -0.3 is 19.1 Å². The van der Waals surface area contributed by atoms with E-state index in [0.717, 1.165) is 16.8 Å². The third kappa shape index (κ3) is 5.98. The summed E-state index contributed by atoms with van der Waals surface area (Å²) in [7, 11) is 3.90. The average Bonchev–Trinajstić information content (AvgIpc) is 3.68. The molecule has 1 aromatic heterocycles. The summed E-state index contributed by atoms with van der Waals surface area (Å²) < 4.78 is 11.2. The van der Waals surface area contributed by atoms with Crippen molar-refractivity contribution in [3.05, 3.63) is 77.0 Å². The van der Waals surface area contributed by atoms with Crippen LogP contribution in [-0.4, -0.2) is 48.9 Å². The molecule has 2 aliphatic rings. The van der Waals surface area contributed by atoms with E-state index in [1.807, 2.05) is 32.0 Å². The quantitative estimate of drug-likeness (QED) is 0.352. The number of likely N-dealkylation sites (N-methyl/N-ethyl adjacent to an activating group) is 1. The molecule has 5 rings (SSSR count). The van der Waals surface area contributed by atoms with Crippen LogP contribution in [0.2, 0.25) is 0 Å². The number of carbonyl (C=O) groups excluding carboxylic acids is 1. The molecule has 194 valence electrons. The van der Waals surface area contributed by atoms with Crippen LogP contribution in [0.4, 0.5) is 5.69 Å². The van der Waals surface area contributed by atoms with Crippen molar-refractivity contribution in [3.63, 3.8) is 0 Å². The Kier molecular flexibility index (Phi) is 7.63. The lowest BCUT2D eigenvalue weighted by atomic mass is 9.97. The van der Waals surface area contributed by atoms with Gasteiger partial charge in [-0.25, -0.2) is 4.99 Å². The molecule has 2 aromatic carbocycles. The van der Waals surface area contributed by atoms with Gasteiger partial charge >= 0.3 is 0 Å². The minimum atomic E-state index is -0.280. The van der Waals surface area contributed by atoms with E-state index >= 15 is 0 Å². The van der Waals surface area contributed by atoms with Crippen molar-refractivity contribution in [3.8, 4) is 23.1 Å². The molecule has 1 aliphatic heterocycles. The molecule has 9 heteroatoms. The minimum Gasteiger partial charge on any atom is -0.491 e. The predicted octanol–water partition coefficient (Wildman–Crippen LogP) is 5.79. The van der Waals surface area contributed by atoms with Crippen LogP contribution in [0.3, 0.4) is 0 Å². The van der Waals surface area contributed by atoms with E-state index in [2.05, 4.69) is 39.6 Å². The predicted molar refractivity (Wildman–Crippen MR) is 149 cm³/mol. The fourth-order valence-corrected chi connectivity index (χ4v) is 4.92. The van der Waals surface area contributed by atoms with Gasteiger partial charge in [-0.05, 0) is 68.2 Å². The third-order valence-corrected chi connectivity index (χ3v) is 7.29. The second-order valence-electron chi connectivity index (χ2n) is 9.66. The molecular formula is C29H29N5O3S. The summed E-state index contributed by atoms with van der Waals surface area (Å²) in [4.78, 5) is 24.1. The van der Waals surface area contributed by atoms with Gasteiger partial charge in [-0.15, -0.1) is 0 Å². The zero-order valence-corrected chi connectivity index (χ0v) is 22.4. The molecule has 0 spiro atoms. The summed E-state index contributed by atoms with van der Waals surface area (Å²) in [6.07, 6.45) is 3.93. The molecule has 1 amide bonds. The smallest absolute Gasteiger partial charge is 0.257 e. The largest absolute Gasteiger partial charge is 0.491 e. The summed E-state index contributed by atoms with van der Waals surface area (Å²) in [5.41, 5.74) is 5.73. The van der Waals surface area contributed by atoms with E-state index in [1.165, 1.54) is 30.4 Å². The van der Waals surface area contributed by atoms with Crippen LogP contribution in [0.1, 0.15) is 58.1 Å². The standard InChI is InChI=1S/C29H29N5O3S/c1-18-32-29(38-37-18)20-7-10-24(25(14-20)19-4-5-19)26-11-8-22(17-31-26)28(35)33-23-9-6-21(16-30)27(15-23)36-13-12-34(2)3/h6-11,14-15,17,19,29H,4-5,12-13H2,1-3H3,(H,33,35). The van der Waals surface area contributed by atoms with E-state index in [9.17, 15) is 10.1 Å². The number of ether oxygens (including phenoxy) is 1. The monoisotopic (exact) mass is 527 g/mol. The van der Waals surface area contributed by atoms with Gasteiger partial charge in [0, 0.05) is 37.0 Å².